The Morgan fingerprint density at radius 2 is 2.06 bits per heavy atom. The normalized spacial score (nSPS) is 13.4. The van der Waals surface area contributed by atoms with Crippen molar-refractivity contribution in [3.63, 3.8) is 0 Å². The van der Waals surface area contributed by atoms with E-state index in [1.165, 1.54) is 0 Å². The molecule has 17 heavy (non-hydrogen) atoms. The number of aliphatic hydroxyl groups is 1. The zero-order valence-corrected chi connectivity index (χ0v) is 11.1. The molecular formula is C13H20O3P+. The quantitative estimate of drug-likeness (QED) is 0.724. The molecule has 2 unspecified atom stereocenters. The first-order valence-electron chi connectivity index (χ1n) is 5.94. The minimum atomic E-state index is -1.59. The van der Waals surface area contributed by atoms with Crippen molar-refractivity contribution in [2.75, 3.05) is 12.8 Å². The molecule has 0 heterocycles. The van der Waals surface area contributed by atoms with Gasteiger partial charge in [0.25, 0.3) is 0 Å². The van der Waals surface area contributed by atoms with Gasteiger partial charge in [-0.1, -0.05) is 37.3 Å². The molecule has 1 aromatic rings. The van der Waals surface area contributed by atoms with Crippen LogP contribution in [0.2, 0.25) is 0 Å². The fourth-order valence-electron chi connectivity index (χ4n) is 1.56. The molecule has 94 valence electrons. The third kappa shape index (κ3) is 6.52. The van der Waals surface area contributed by atoms with Crippen molar-refractivity contribution in [2.45, 2.75) is 26.4 Å². The number of rotatable bonds is 8. The lowest BCUT2D eigenvalue weighted by atomic mass is 10.1. The maximum absolute atomic E-state index is 11.7. The molecule has 0 aliphatic rings. The fraction of sp³-hybridized carbons (Fsp3) is 0.538. The van der Waals surface area contributed by atoms with E-state index in [0.29, 0.717) is 18.7 Å². The van der Waals surface area contributed by atoms with Crippen LogP contribution in [0.1, 0.15) is 25.3 Å². The zero-order valence-electron chi connectivity index (χ0n) is 10.2. The van der Waals surface area contributed by atoms with E-state index in [1.807, 2.05) is 37.3 Å². The van der Waals surface area contributed by atoms with E-state index in [1.54, 1.807) is 0 Å². The predicted octanol–water partition coefficient (Wildman–Crippen LogP) is 3.35. The molecule has 0 aliphatic heterocycles. The summed E-state index contributed by atoms with van der Waals surface area (Å²) in [7, 11) is -1.59. The highest BCUT2D eigenvalue weighted by molar-refractivity contribution is 7.39. The highest BCUT2D eigenvalue weighted by atomic mass is 31.1. The van der Waals surface area contributed by atoms with Crippen LogP contribution in [-0.4, -0.2) is 17.9 Å². The van der Waals surface area contributed by atoms with Gasteiger partial charge in [-0.25, -0.2) is 0 Å². The zero-order chi connectivity index (χ0) is 12.5. The standard InChI is InChI=1S/C13H20O3P/c1-12(6-5-9-14)11-17(15)16-10-13-7-3-2-4-8-13/h2-4,7-8,12,14H,5-6,9-11H2,1H3/q+1. The molecule has 0 aromatic heterocycles. The van der Waals surface area contributed by atoms with Crippen molar-refractivity contribution in [3.05, 3.63) is 35.9 Å². The Morgan fingerprint density at radius 1 is 1.35 bits per heavy atom. The van der Waals surface area contributed by atoms with Gasteiger partial charge in [0.1, 0.15) is 6.61 Å². The number of hydrogen-bond donors (Lipinski definition) is 1. The maximum Gasteiger partial charge on any atom is 0.508 e. The summed E-state index contributed by atoms with van der Waals surface area (Å²) in [5.74, 6) is 0.335. The van der Waals surface area contributed by atoms with Gasteiger partial charge in [-0.3, -0.25) is 0 Å². The summed E-state index contributed by atoms with van der Waals surface area (Å²) in [4.78, 5) is 0. The van der Waals surface area contributed by atoms with E-state index in [4.69, 9.17) is 9.63 Å². The molecule has 0 amide bonds. The van der Waals surface area contributed by atoms with Crippen molar-refractivity contribution in [3.8, 4) is 0 Å². The number of aliphatic hydroxyl groups excluding tert-OH is 1. The molecule has 1 aromatic carbocycles. The van der Waals surface area contributed by atoms with Crippen molar-refractivity contribution in [2.24, 2.45) is 5.92 Å². The van der Waals surface area contributed by atoms with E-state index in [2.05, 4.69) is 0 Å². The molecule has 0 bridgehead atoms. The molecule has 2 atom stereocenters. The molecule has 0 fully saturated rings. The van der Waals surface area contributed by atoms with Gasteiger partial charge >= 0.3 is 8.03 Å². The largest absolute Gasteiger partial charge is 0.508 e. The first-order chi connectivity index (χ1) is 8.22. The average molecular weight is 255 g/mol. The van der Waals surface area contributed by atoms with Crippen LogP contribution in [0, 0.1) is 5.92 Å². The molecule has 4 heteroatoms. The van der Waals surface area contributed by atoms with Crippen molar-refractivity contribution >= 4 is 8.03 Å². The van der Waals surface area contributed by atoms with Crippen LogP contribution >= 0.6 is 8.03 Å². The molecular weight excluding hydrogens is 235 g/mol. The molecule has 3 nitrogen and oxygen atoms in total. The second kappa shape index (κ2) is 8.35. The van der Waals surface area contributed by atoms with E-state index < -0.39 is 8.03 Å². The van der Waals surface area contributed by atoms with Crippen molar-refractivity contribution in [1.82, 2.24) is 0 Å². The van der Waals surface area contributed by atoms with E-state index >= 15 is 0 Å². The molecule has 0 saturated carbocycles. The van der Waals surface area contributed by atoms with Gasteiger partial charge in [-0.05, 0) is 23.0 Å². The molecule has 0 saturated heterocycles. The molecule has 0 aliphatic carbocycles. The summed E-state index contributed by atoms with van der Waals surface area (Å²) in [6, 6.07) is 9.74. The third-order valence-corrected chi connectivity index (χ3v) is 3.87. The Labute approximate surface area is 104 Å². The summed E-state index contributed by atoms with van der Waals surface area (Å²) in [5.41, 5.74) is 1.04. The summed E-state index contributed by atoms with van der Waals surface area (Å²) in [5, 5.41) is 8.70. The average Bonchev–Trinajstić information content (AvgIpc) is 2.35. The van der Waals surface area contributed by atoms with Crippen LogP contribution in [0.5, 0.6) is 0 Å². The Hall–Kier alpha value is -0.760. The predicted molar refractivity (Wildman–Crippen MR) is 69.2 cm³/mol. The van der Waals surface area contributed by atoms with Crippen LogP contribution in [-0.2, 0) is 15.7 Å². The van der Waals surface area contributed by atoms with E-state index in [-0.39, 0.29) is 6.61 Å². The first-order valence-corrected chi connectivity index (χ1v) is 7.31. The Balaban J connectivity index is 2.21. The summed E-state index contributed by atoms with van der Waals surface area (Å²) in [6.45, 7) is 2.64. The Morgan fingerprint density at radius 3 is 2.71 bits per heavy atom. The Bertz CT molecular complexity index is 327. The van der Waals surface area contributed by atoms with Gasteiger partial charge in [0.2, 0.25) is 0 Å². The van der Waals surface area contributed by atoms with Crippen LogP contribution < -0.4 is 0 Å². The topological polar surface area (TPSA) is 46.5 Å². The second-order valence-electron chi connectivity index (χ2n) is 4.25. The molecule has 0 radical (unpaired) electrons. The molecule has 1 N–H and O–H groups in total. The van der Waals surface area contributed by atoms with Gasteiger partial charge in [0.15, 0.2) is 6.16 Å². The highest BCUT2D eigenvalue weighted by Gasteiger charge is 2.21. The van der Waals surface area contributed by atoms with Gasteiger partial charge in [-0.15, -0.1) is 4.52 Å². The van der Waals surface area contributed by atoms with Crippen molar-refractivity contribution < 1.29 is 14.2 Å². The first kappa shape index (κ1) is 14.3. The lowest BCUT2D eigenvalue weighted by Gasteiger charge is -2.02. The van der Waals surface area contributed by atoms with Gasteiger partial charge in [0, 0.05) is 12.5 Å². The SMILES string of the molecule is CC(CCCO)C[P+](=O)OCc1ccccc1. The minimum Gasteiger partial charge on any atom is -0.396 e. The van der Waals surface area contributed by atoms with Gasteiger partial charge in [-0.2, -0.15) is 0 Å². The lowest BCUT2D eigenvalue weighted by Crippen LogP contribution is -2.00. The summed E-state index contributed by atoms with van der Waals surface area (Å²) >= 11 is 0. The molecule has 0 spiro atoms. The number of benzene rings is 1. The van der Waals surface area contributed by atoms with E-state index in [0.717, 1.165) is 18.4 Å². The van der Waals surface area contributed by atoms with Crippen LogP contribution in [0.4, 0.5) is 0 Å². The highest BCUT2D eigenvalue weighted by Crippen LogP contribution is 2.28. The maximum atomic E-state index is 11.7. The van der Waals surface area contributed by atoms with Crippen molar-refractivity contribution in [1.29, 1.82) is 0 Å². The van der Waals surface area contributed by atoms with Crippen LogP contribution in [0.25, 0.3) is 0 Å². The number of hydrogen-bond acceptors (Lipinski definition) is 3. The van der Waals surface area contributed by atoms with Gasteiger partial charge < -0.3 is 5.11 Å². The van der Waals surface area contributed by atoms with Gasteiger partial charge in [0.05, 0.1) is 0 Å². The summed E-state index contributed by atoms with van der Waals surface area (Å²) < 4.78 is 17.0. The smallest absolute Gasteiger partial charge is 0.396 e. The third-order valence-electron chi connectivity index (χ3n) is 2.53. The minimum absolute atomic E-state index is 0.200. The second-order valence-corrected chi connectivity index (χ2v) is 5.53. The molecule has 1 rings (SSSR count). The lowest BCUT2D eigenvalue weighted by molar-refractivity contribution is 0.274. The summed E-state index contributed by atoms with van der Waals surface area (Å²) in [6.07, 6.45) is 2.23. The Kier molecular flexibility index (Phi) is 7.02. The monoisotopic (exact) mass is 255 g/mol. The van der Waals surface area contributed by atoms with Crippen LogP contribution in [0.15, 0.2) is 30.3 Å². The fourth-order valence-corrected chi connectivity index (χ4v) is 2.65. The van der Waals surface area contributed by atoms with Crippen LogP contribution in [0.3, 0.4) is 0 Å². The van der Waals surface area contributed by atoms with E-state index in [9.17, 15) is 4.57 Å².